The lowest BCUT2D eigenvalue weighted by atomic mass is 10.2. The Kier molecular flexibility index (Phi) is 8.14. The van der Waals surface area contributed by atoms with Gasteiger partial charge in [-0.3, -0.25) is 0 Å². The van der Waals surface area contributed by atoms with Gasteiger partial charge in [-0.25, -0.2) is 0 Å². The fourth-order valence-corrected chi connectivity index (χ4v) is 2.78. The highest BCUT2D eigenvalue weighted by molar-refractivity contribution is 9.10. The molecule has 1 aliphatic rings. The topological polar surface area (TPSA) is 30.5 Å². The molecule has 0 radical (unpaired) electrons. The summed E-state index contributed by atoms with van der Waals surface area (Å²) in [5, 5.41) is 3.42. The summed E-state index contributed by atoms with van der Waals surface area (Å²) in [5.74, 6) is 7.77. The van der Waals surface area contributed by atoms with Crippen molar-refractivity contribution in [2.75, 3.05) is 19.8 Å². The van der Waals surface area contributed by atoms with Gasteiger partial charge in [-0.15, -0.1) is 12.4 Å². The molecule has 2 aromatic rings. The van der Waals surface area contributed by atoms with Crippen LogP contribution in [-0.4, -0.2) is 25.8 Å². The summed E-state index contributed by atoms with van der Waals surface area (Å²) in [6.45, 7) is 2.18. The van der Waals surface area contributed by atoms with Crippen molar-refractivity contribution in [2.45, 2.75) is 18.9 Å². The number of hydrogen-bond donors (Lipinski definition) is 1. The first kappa shape index (κ1) is 19.7. The molecular weight excluding hydrogens is 402 g/mol. The molecule has 1 heterocycles. The molecule has 0 spiro atoms. The lowest BCUT2D eigenvalue weighted by molar-refractivity contribution is 0.276. The summed E-state index contributed by atoms with van der Waals surface area (Å²) in [6.07, 6.45) is 2.43. The molecule has 0 aromatic heterocycles. The van der Waals surface area contributed by atoms with Crippen LogP contribution in [0.2, 0.25) is 0 Å². The fraction of sp³-hybridized carbons (Fsp3) is 0.300. The van der Waals surface area contributed by atoms with Gasteiger partial charge < -0.3 is 14.8 Å². The average Bonchev–Trinajstić information content (AvgIpc) is 3.13. The van der Waals surface area contributed by atoms with Crippen LogP contribution in [0.25, 0.3) is 0 Å². The third kappa shape index (κ3) is 6.62. The van der Waals surface area contributed by atoms with E-state index < -0.39 is 0 Å². The molecule has 2 aromatic carbocycles. The van der Waals surface area contributed by atoms with Crippen LogP contribution in [0, 0.1) is 11.8 Å². The third-order valence-corrected chi connectivity index (χ3v) is 4.35. The zero-order valence-electron chi connectivity index (χ0n) is 13.8. The molecule has 5 heteroatoms. The van der Waals surface area contributed by atoms with E-state index in [0.29, 0.717) is 12.6 Å². The van der Waals surface area contributed by atoms with Crippen LogP contribution in [0.4, 0.5) is 0 Å². The van der Waals surface area contributed by atoms with Gasteiger partial charge in [0, 0.05) is 16.1 Å². The number of benzene rings is 2. The van der Waals surface area contributed by atoms with Crippen molar-refractivity contribution >= 4 is 28.3 Å². The van der Waals surface area contributed by atoms with Gasteiger partial charge >= 0.3 is 0 Å². The minimum absolute atomic E-state index is 0. The summed E-state index contributed by atoms with van der Waals surface area (Å²) < 4.78 is 12.5. The Balaban J connectivity index is 0.00000225. The maximum atomic E-state index is 5.79. The molecule has 3 rings (SSSR count). The predicted octanol–water partition coefficient (Wildman–Crippen LogP) is 4.43. The largest absolute Gasteiger partial charge is 0.492 e. The second-order valence-electron chi connectivity index (χ2n) is 5.67. The second-order valence-corrected chi connectivity index (χ2v) is 6.59. The van der Waals surface area contributed by atoms with E-state index in [2.05, 4.69) is 33.1 Å². The Morgan fingerprint density at radius 2 is 1.68 bits per heavy atom. The quantitative estimate of drug-likeness (QED) is 0.723. The Hall–Kier alpha value is -1.67. The van der Waals surface area contributed by atoms with Crippen LogP contribution in [0.5, 0.6) is 11.5 Å². The number of nitrogens with one attached hydrogen (secondary N) is 1. The first-order chi connectivity index (χ1) is 11.8. The van der Waals surface area contributed by atoms with E-state index >= 15 is 0 Å². The van der Waals surface area contributed by atoms with Gasteiger partial charge in [-0.05, 0) is 67.9 Å². The maximum Gasteiger partial charge on any atom is 0.149 e. The number of halogens is 2. The number of hydrogen-bond acceptors (Lipinski definition) is 3. The summed E-state index contributed by atoms with van der Waals surface area (Å²) in [6, 6.07) is 16.1. The van der Waals surface area contributed by atoms with Gasteiger partial charge in [0.2, 0.25) is 0 Å². The van der Waals surface area contributed by atoms with E-state index in [1.165, 1.54) is 12.8 Å². The summed E-state index contributed by atoms with van der Waals surface area (Å²) in [4.78, 5) is 0. The Labute approximate surface area is 163 Å². The first-order valence-electron chi connectivity index (χ1n) is 8.13. The molecule has 3 nitrogen and oxygen atoms in total. The highest BCUT2D eigenvalue weighted by atomic mass is 79.9. The number of rotatable bonds is 5. The molecule has 25 heavy (non-hydrogen) atoms. The van der Waals surface area contributed by atoms with Crippen LogP contribution in [-0.2, 0) is 0 Å². The van der Waals surface area contributed by atoms with E-state index in [-0.39, 0.29) is 12.4 Å². The summed E-state index contributed by atoms with van der Waals surface area (Å²) in [5.41, 5.74) is 0.978. The second kappa shape index (κ2) is 10.4. The molecule has 1 unspecified atom stereocenters. The summed E-state index contributed by atoms with van der Waals surface area (Å²) >= 11 is 3.41. The van der Waals surface area contributed by atoms with Crippen LogP contribution < -0.4 is 14.8 Å². The normalized spacial score (nSPS) is 15.6. The zero-order valence-corrected chi connectivity index (χ0v) is 16.2. The highest BCUT2D eigenvalue weighted by Gasteiger charge is 2.14. The minimum Gasteiger partial charge on any atom is -0.492 e. The molecule has 0 aliphatic carbocycles. The molecule has 1 N–H and O–H groups in total. The van der Waals surface area contributed by atoms with E-state index in [0.717, 1.165) is 34.7 Å². The first-order valence-corrected chi connectivity index (χ1v) is 8.92. The Bertz CT molecular complexity index is 701. The van der Waals surface area contributed by atoms with Crippen LogP contribution in [0.15, 0.2) is 53.0 Å². The van der Waals surface area contributed by atoms with Crippen molar-refractivity contribution in [3.63, 3.8) is 0 Å². The van der Waals surface area contributed by atoms with E-state index in [1.807, 2.05) is 48.5 Å². The lowest BCUT2D eigenvalue weighted by Crippen LogP contribution is -2.28. The zero-order chi connectivity index (χ0) is 16.6. The smallest absolute Gasteiger partial charge is 0.149 e. The van der Waals surface area contributed by atoms with Gasteiger partial charge in [0.05, 0.1) is 0 Å². The van der Waals surface area contributed by atoms with E-state index in [1.54, 1.807) is 0 Å². The third-order valence-electron chi connectivity index (χ3n) is 3.83. The van der Waals surface area contributed by atoms with Gasteiger partial charge in [0.15, 0.2) is 0 Å². The molecule has 0 bridgehead atoms. The Morgan fingerprint density at radius 3 is 2.32 bits per heavy atom. The highest BCUT2D eigenvalue weighted by Crippen LogP contribution is 2.18. The van der Waals surface area contributed by atoms with Crippen molar-refractivity contribution in [1.82, 2.24) is 5.32 Å². The maximum absolute atomic E-state index is 5.79. The molecule has 132 valence electrons. The van der Waals surface area contributed by atoms with Crippen LogP contribution in [0.3, 0.4) is 0 Å². The molecule has 0 amide bonds. The number of ether oxygens (including phenoxy) is 2. The molecule has 1 aliphatic heterocycles. The standard InChI is InChI=1S/C20H20BrNO2.ClH/c21-17-7-5-16(6-8-17)3-2-14-23-19-9-11-20(12-10-19)24-15-18-4-1-13-22-18;/h5-12,18,22H,1,4,13-15H2;1H. The van der Waals surface area contributed by atoms with Gasteiger partial charge in [-0.1, -0.05) is 27.8 Å². The predicted molar refractivity (Wildman–Crippen MR) is 107 cm³/mol. The SMILES string of the molecule is Brc1ccc(C#CCOc2ccc(OCC3CCCN3)cc2)cc1.Cl. The van der Waals surface area contributed by atoms with Crippen molar-refractivity contribution in [3.8, 4) is 23.3 Å². The van der Waals surface area contributed by atoms with E-state index in [4.69, 9.17) is 9.47 Å². The van der Waals surface area contributed by atoms with Gasteiger partial charge in [-0.2, -0.15) is 0 Å². The lowest BCUT2D eigenvalue weighted by Gasteiger charge is -2.12. The Morgan fingerprint density at radius 1 is 1.00 bits per heavy atom. The van der Waals surface area contributed by atoms with E-state index in [9.17, 15) is 0 Å². The molecule has 1 fully saturated rings. The summed E-state index contributed by atoms with van der Waals surface area (Å²) in [7, 11) is 0. The van der Waals surface area contributed by atoms with Gasteiger partial charge in [0.1, 0.15) is 24.7 Å². The fourth-order valence-electron chi connectivity index (χ4n) is 2.52. The van der Waals surface area contributed by atoms with Crippen molar-refractivity contribution in [2.24, 2.45) is 0 Å². The molecular formula is C20H21BrClNO2. The van der Waals surface area contributed by atoms with Gasteiger partial charge in [0.25, 0.3) is 0 Å². The minimum atomic E-state index is 0. The van der Waals surface area contributed by atoms with Crippen LogP contribution in [0.1, 0.15) is 18.4 Å². The van der Waals surface area contributed by atoms with Crippen LogP contribution >= 0.6 is 28.3 Å². The van der Waals surface area contributed by atoms with Crippen molar-refractivity contribution < 1.29 is 9.47 Å². The molecule has 1 saturated heterocycles. The average molecular weight is 423 g/mol. The van der Waals surface area contributed by atoms with Crippen molar-refractivity contribution in [1.29, 1.82) is 0 Å². The monoisotopic (exact) mass is 421 g/mol. The molecule has 1 atom stereocenters. The van der Waals surface area contributed by atoms with Crippen molar-refractivity contribution in [3.05, 3.63) is 58.6 Å². The molecule has 0 saturated carbocycles.